The maximum absolute atomic E-state index is 12.3. The van der Waals surface area contributed by atoms with Crippen LogP contribution in [0.2, 0.25) is 5.02 Å². The summed E-state index contributed by atoms with van der Waals surface area (Å²) in [5, 5.41) is 0.352. The minimum absolute atomic E-state index is 0.239. The molecule has 5 nitrogen and oxygen atoms in total. The Hall–Kier alpha value is -2.53. The van der Waals surface area contributed by atoms with Gasteiger partial charge in [-0.2, -0.15) is 0 Å². The molecule has 0 saturated carbocycles. The molecule has 2 aromatic rings. The Labute approximate surface area is 145 Å². The number of Topliss-reactive ketones (excluding diaryl/α,β-unsaturated/α-hetero) is 1. The fourth-order valence-corrected chi connectivity index (χ4v) is 2.19. The maximum atomic E-state index is 12.3. The summed E-state index contributed by atoms with van der Waals surface area (Å²) >= 11 is 5.82. The van der Waals surface area contributed by atoms with Crippen LogP contribution in [-0.2, 0) is 4.74 Å². The topological polar surface area (TPSA) is 78.6 Å². The third-order valence-corrected chi connectivity index (χ3v) is 3.68. The number of carbonyl (C=O) groups excluding carboxylic acids is 2. The summed E-state index contributed by atoms with van der Waals surface area (Å²) in [7, 11) is 0. The predicted molar refractivity (Wildman–Crippen MR) is 92.7 cm³/mol. The zero-order chi connectivity index (χ0) is 17.7. The van der Waals surface area contributed by atoms with Gasteiger partial charge in [0.2, 0.25) is 5.78 Å². The maximum Gasteiger partial charge on any atom is 0.338 e. The fourth-order valence-electron chi connectivity index (χ4n) is 2.07. The number of carbonyl (C=O) groups is 2. The Bertz CT molecular complexity index is 743. The molecule has 1 atom stereocenters. The zero-order valence-electron chi connectivity index (χ0n) is 13.4. The molecule has 6 heteroatoms. The van der Waals surface area contributed by atoms with Gasteiger partial charge in [-0.05, 0) is 56.3 Å². The largest absolute Gasteiger partial charge is 0.494 e. The summed E-state index contributed by atoms with van der Waals surface area (Å²) in [5.41, 5.74) is 6.61. The van der Waals surface area contributed by atoms with E-state index in [1.165, 1.54) is 25.1 Å². The Morgan fingerprint density at radius 1 is 1.12 bits per heavy atom. The van der Waals surface area contributed by atoms with Gasteiger partial charge in [-0.15, -0.1) is 0 Å². The molecule has 24 heavy (non-hydrogen) atoms. The lowest BCUT2D eigenvalue weighted by atomic mass is 10.1. The first kappa shape index (κ1) is 17.8. The Balaban J connectivity index is 2.04. The highest BCUT2D eigenvalue weighted by molar-refractivity contribution is 6.33. The van der Waals surface area contributed by atoms with E-state index in [1.807, 2.05) is 6.92 Å². The summed E-state index contributed by atoms with van der Waals surface area (Å²) in [4.78, 5) is 24.4. The number of rotatable bonds is 6. The molecule has 0 aromatic heterocycles. The summed E-state index contributed by atoms with van der Waals surface area (Å²) < 4.78 is 10.5. The molecule has 2 rings (SSSR count). The quantitative estimate of drug-likeness (QED) is 0.489. The highest BCUT2D eigenvalue weighted by Gasteiger charge is 2.20. The molecule has 126 valence electrons. The Morgan fingerprint density at radius 2 is 1.75 bits per heavy atom. The van der Waals surface area contributed by atoms with E-state index in [0.717, 1.165) is 0 Å². The second-order valence-electron chi connectivity index (χ2n) is 5.11. The lowest BCUT2D eigenvalue weighted by Gasteiger charge is -2.13. The van der Waals surface area contributed by atoms with Crippen LogP contribution in [0.3, 0.4) is 0 Å². The first-order valence-corrected chi connectivity index (χ1v) is 7.83. The van der Waals surface area contributed by atoms with Crippen molar-refractivity contribution in [3.8, 4) is 5.75 Å². The third-order valence-electron chi connectivity index (χ3n) is 3.33. The number of ether oxygens (including phenoxy) is 2. The van der Waals surface area contributed by atoms with Crippen molar-refractivity contribution >= 4 is 29.0 Å². The third kappa shape index (κ3) is 4.26. The number of benzene rings is 2. The van der Waals surface area contributed by atoms with Gasteiger partial charge in [0, 0.05) is 5.56 Å². The number of nitrogens with two attached hydrogens (primary N) is 1. The van der Waals surface area contributed by atoms with Gasteiger partial charge in [-0.3, -0.25) is 4.79 Å². The van der Waals surface area contributed by atoms with E-state index in [1.54, 1.807) is 24.3 Å². The van der Waals surface area contributed by atoms with Crippen molar-refractivity contribution in [2.45, 2.75) is 20.0 Å². The van der Waals surface area contributed by atoms with Gasteiger partial charge in [-0.1, -0.05) is 11.6 Å². The van der Waals surface area contributed by atoms with Gasteiger partial charge in [0.05, 0.1) is 22.9 Å². The number of hydrogen-bond acceptors (Lipinski definition) is 5. The Kier molecular flexibility index (Phi) is 5.82. The summed E-state index contributed by atoms with van der Waals surface area (Å²) in [6, 6.07) is 11.1. The number of ketones is 1. The van der Waals surface area contributed by atoms with Crippen LogP contribution in [0.4, 0.5) is 5.69 Å². The minimum atomic E-state index is -0.924. The minimum Gasteiger partial charge on any atom is -0.494 e. The van der Waals surface area contributed by atoms with Crippen molar-refractivity contribution in [3.63, 3.8) is 0 Å². The molecular weight excluding hydrogens is 330 g/mol. The molecule has 2 aromatic carbocycles. The van der Waals surface area contributed by atoms with Crippen LogP contribution in [0, 0.1) is 0 Å². The number of nitrogen functional groups attached to an aromatic ring is 1. The zero-order valence-corrected chi connectivity index (χ0v) is 14.2. The highest BCUT2D eigenvalue weighted by atomic mass is 35.5. The fraction of sp³-hybridized carbons (Fsp3) is 0.222. The average Bonchev–Trinajstić information content (AvgIpc) is 2.57. The standard InChI is InChI=1S/C18H18ClNO4/c1-3-23-14-7-4-12(5-8-14)17(21)11(2)24-18(22)13-6-9-15(19)16(20)10-13/h4-11H,3,20H2,1-2H3/t11-/m0/s1. The summed E-state index contributed by atoms with van der Waals surface area (Å²) in [6.07, 6.45) is -0.924. The molecule has 0 spiro atoms. The second-order valence-corrected chi connectivity index (χ2v) is 5.51. The molecule has 0 radical (unpaired) electrons. The molecule has 0 fully saturated rings. The van der Waals surface area contributed by atoms with Crippen molar-refractivity contribution in [1.82, 2.24) is 0 Å². The van der Waals surface area contributed by atoms with Crippen LogP contribution < -0.4 is 10.5 Å². The molecule has 0 bridgehead atoms. The van der Waals surface area contributed by atoms with Crippen LogP contribution in [0.1, 0.15) is 34.6 Å². The van der Waals surface area contributed by atoms with E-state index < -0.39 is 12.1 Å². The highest BCUT2D eigenvalue weighted by Crippen LogP contribution is 2.21. The van der Waals surface area contributed by atoms with Crippen LogP contribution in [0.15, 0.2) is 42.5 Å². The van der Waals surface area contributed by atoms with Crippen molar-refractivity contribution in [1.29, 1.82) is 0 Å². The van der Waals surface area contributed by atoms with Gasteiger partial charge in [0.15, 0.2) is 6.10 Å². The van der Waals surface area contributed by atoms with Crippen LogP contribution in [0.25, 0.3) is 0 Å². The van der Waals surface area contributed by atoms with E-state index in [0.29, 0.717) is 22.9 Å². The smallest absolute Gasteiger partial charge is 0.338 e. The molecule has 0 aliphatic carbocycles. The van der Waals surface area contributed by atoms with Gasteiger partial charge in [-0.25, -0.2) is 4.79 Å². The van der Waals surface area contributed by atoms with Crippen molar-refractivity contribution in [2.24, 2.45) is 0 Å². The molecule has 0 aliphatic rings. The van der Waals surface area contributed by atoms with E-state index in [-0.39, 0.29) is 17.0 Å². The SMILES string of the molecule is CCOc1ccc(C(=O)[C@H](C)OC(=O)c2ccc(Cl)c(N)c2)cc1. The van der Waals surface area contributed by atoms with Gasteiger partial charge < -0.3 is 15.2 Å². The van der Waals surface area contributed by atoms with E-state index in [9.17, 15) is 9.59 Å². The predicted octanol–water partition coefficient (Wildman–Crippen LogP) is 3.75. The first-order valence-electron chi connectivity index (χ1n) is 7.45. The van der Waals surface area contributed by atoms with Gasteiger partial charge >= 0.3 is 5.97 Å². The normalized spacial score (nSPS) is 11.6. The van der Waals surface area contributed by atoms with Gasteiger partial charge in [0.1, 0.15) is 5.75 Å². The number of anilines is 1. The molecule has 0 unspecified atom stereocenters. The van der Waals surface area contributed by atoms with Crippen LogP contribution >= 0.6 is 11.6 Å². The molecule has 2 N–H and O–H groups in total. The number of hydrogen-bond donors (Lipinski definition) is 1. The molecule has 0 heterocycles. The average molecular weight is 348 g/mol. The van der Waals surface area contributed by atoms with Crippen molar-refractivity contribution in [3.05, 3.63) is 58.6 Å². The summed E-state index contributed by atoms with van der Waals surface area (Å²) in [6.45, 7) is 3.95. The van der Waals surface area contributed by atoms with E-state index in [2.05, 4.69) is 0 Å². The lowest BCUT2D eigenvalue weighted by molar-refractivity contribution is 0.0319. The molecule has 0 saturated heterocycles. The summed E-state index contributed by atoms with van der Waals surface area (Å²) in [5.74, 6) is -0.256. The van der Waals surface area contributed by atoms with Crippen molar-refractivity contribution < 1.29 is 19.1 Å². The monoisotopic (exact) mass is 347 g/mol. The first-order chi connectivity index (χ1) is 11.4. The lowest BCUT2D eigenvalue weighted by Crippen LogP contribution is -2.24. The molecular formula is C18H18ClNO4. The molecule has 0 aliphatic heterocycles. The van der Waals surface area contributed by atoms with E-state index in [4.69, 9.17) is 26.8 Å². The van der Waals surface area contributed by atoms with Gasteiger partial charge in [0.25, 0.3) is 0 Å². The second kappa shape index (κ2) is 7.84. The van der Waals surface area contributed by atoms with Crippen molar-refractivity contribution in [2.75, 3.05) is 12.3 Å². The molecule has 0 amide bonds. The van der Waals surface area contributed by atoms with Crippen LogP contribution in [0.5, 0.6) is 5.75 Å². The number of halogens is 1. The van der Waals surface area contributed by atoms with Crippen LogP contribution in [-0.4, -0.2) is 24.5 Å². The Morgan fingerprint density at radius 3 is 2.33 bits per heavy atom. The number of esters is 1. The van der Waals surface area contributed by atoms with E-state index >= 15 is 0 Å².